The van der Waals surface area contributed by atoms with Crippen molar-refractivity contribution >= 4 is 40.6 Å². The summed E-state index contributed by atoms with van der Waals surface area (Å²) in [5, 5.41) is 13.5. The molecule has 2 aliphatic rings. The molecule has 2 aromatic carbocycles. The third-order valence-electron chi connectivity index (χ3n) is 7.81. The Morgan fingerprint density at radius 3 is 2.54 bits per heavy atom. The van der Waals surface area contributed by atoms with Crippen LogP contribution in [0.3, 0.4) is 0 Å². The summed E-state index contributed by atoms with van der Waals surface area (Å²) >= 11 is 0. The van der Waals surface area contributed by atoms with Gasteiger partial charge in [0.05, 0.1) is 37.9 Å². The van der Waals surface area contributed by atoms with Crippen LogP contribution in [0.4, 0.5) is 0 Å². The fourth-order valence-electron chi connectivity index (χ4n) is 5.87. The number of carbonyl (C=O) groups excluding carboxylic acids is 3. The predicted octanol–water partition coefficient (Wildman–Crippen LogP) is 5.09. The van der Waals surface area contributed by atoms with Gasteiger partial charge in [0, 0.05) is 28.5 Å². The highest BCUT2D eigenvalue weighted by molar-refractivity contribution is 6.04. The Labute approximate surface area is 226 Å². The van der Waals surface area contributed by atoms with Crippen LogP contribution in [0.1, 0.15) is 72.3 Å². The summed E-state index contributed by atoms with van der Waals surface area (Å²) in [6.45, 7) is 0.0447. The third-order valence-corrected chi connectivity index (χ3v) is 7.81. The zero-order chi connectivity index (χ0) is 27.5. The van der Waals surface area contributed by atoms with E-state index in [1.54, 1.807) is 12.1 Å². The van der Waals surface area contributed by atoms with Crippen molar-refractivity contribution in [3.8, 4) is 11.3 Å². The summed E-state index contributed by atoms with van der Waals surface area (Å²) in [4.78, 5) is 48.9. The van der Waals surface area contributed by atoms with E-state index in [9.17, 15) is 24.3 Å². The van der Waals surface area contributed by atoms with E-state index in [0.29, 0.717) is 11.5 Å². The van der Waals surface area contributed by atoms with Gasteiger partial charge in [-0.3, -0.25) is 14.4 Å². The van der Waals surface area contributed by atoms with Crippen LogP contribution in [0.5, 0.6) is 0 Å². The summed E-state index contributed by atoms with van der Waals surface area (Å²) in [5.41, 5.74) is 5.61. The van der Waals surface area contributed by atoms with Gasteiger partial charge in [-0.1, -0.05) is 49.6 Å². The summed E-state index contributed by atoms with van der Waals surface area (Å²) in [7, 11) is 1.27. The summed E-state index contributed by atoms with van der Waals surface area (Å²) in [6.07, 6.45) is 7.48. The molecule has 2 N–H and O–H groups in total. The van der Waals surface area contributed by atoms with Gasteiger partial charge in [0.15, 0.2) is 5.78 Å². The average molecular weight is 529 g/mol. The lowest BCUT2D eigenvalue weighted by Gasteiger charge is -2.24. The van der Waals surface area contributed by atoms with Crippen molar-refractivity contribution in [2.24, 2.45) is 0 Å². The standard InChI is InChI=1S/C31H32N2O6/c1-39-27(35)14-12-23(34)17-32-30(36)22-15-20-9-5-6-10-24(20)29-28(19-7-3-2-4-8-19)25-13-11-21(31(37)38)16-26(25)33(29)18-22/h5-6,9-11,13,15-16,19H,2-4,7-8,12,14,17-18H2,1H3,(H,32,36)(H,37,38). The van der Waals surface area contributed by atoms with E-state index in [2.05, 4.69) is 20.7 Å². The number of nitrogens with zero attached hydrogens (tertiary/aromatic N) is 1. The molecule has 1 aliphatic heterocycles. The van der Waals surface area contributed by atoms with Crippen LogP contribution in [0.15, 0.2) is 48.0 Å². The molecule has 8 nitrogen and oxygen atoms in total. The molecule has 0 radical (unpaired) electrons. The van der Waals surface area contributed by atoms with Gasteiger partial charge in [-0.05, 0) is 48.1 Å². The number of ether oxygens (including phenoxy) is 1. The minimum Gasteiger partial charge on any atom is -0.478 e. The topological polar surface area (TPSA) is 115 Å². The second-order valence-corrected chi connectivity index (χ2v) is 10.3. The first-order chi connectivity index (χ1) is 18.9. The number of carboxylic acids is 1. The van der Waals surface area contributed by atoms with Crippen LogP contribution < -0.4 is 5.32 Å². The molecule has 2 heterocycles. The van der Waals surface area contributed by atoms with Gasteiger partial charge in [-0.25, -0.2) is 4.79 Å². The molecule has 0 spiro atoms. The number of aromatic nitrogens is 1. The Hall–Kier alpha value is -4.20. The molecule has 8 heteroatoms. The lowest BCUT2D eigenvalue weighted by Crippen LogP contribution is -2.31. The van der Waals surface area contributed by atoms with Crippen LogP contribution in [0.25, 0.3) is 28.2 Å². The number of nitrogens with one attached hydrogen (secondary N) is 1. The number of Topliss-reactive ketones (excluding diaryl/α,β-unsaturated/α-hetero) is 1. The van der Waals surface area contributed by atoms with Gasteiger partial charge < -0.3 is 19.7 Å². The van der Waals surface area contributed by atoms with E-state index in [1.165, 1.54) is 19.1 Å². The number of aromatic carboxylic acids is 1. The number of hydrogen-bond donors (Lipinski definition) is 2. The van der Waals surface area contributed by atoms with E-state index in [4.69, 9.17) is 0 Å². The fraction of sp³-hybridized carbons (Fsp3) is 0.355. The molecule has 39 heavy (non-hydrogen) atoms. The molecular weight excluding hydrogens is 496 g/mol. The first-order valence-corrected chi connectivity index (χ1v) is 13.4. The Bertz CT molecular complexity index is 1490. The monoisotopic (exact) mass is 528 g/mol. The number of fused-ring (bicyclic) bond motifs is 5. The Balaban J connectivity index is 1.56. The highest BCUT2D eigenvalue weighted by Gasteiger charge is 2.30. The predicted molar refractivity (Wildman–Crippen MR) is 147 cm³/mol. The van der Waals surface area contributed by atoms with Crippen LogP contribution in [0.2, 0.25) is 0 Å². The lowest BCUT2D eigenvalue weighted by atomic mass is 9.81. The number of carboxylic acid groups (broad SMARTS) is 1. The molecule has 0 unspecified atom stereocenters. The van der Waals surface area contributed by atoms with E-state index in [-0.39, 0.29) is 43.2 Å². The SMILES string of the molecule is COC(=O)CCC(=O)CNC(=O)C1=Cc2ccccc2-c2c(C3CCCCC3)c3ccc(C(=O)O)cc3n2C1. The van der Waals surface area contributed by atoms with Crippen LogP contribution >= 0.6 is 0 Å². The van der Waals surface area contributed by atoms with Gasteiger partial charge >= 0.3 is 11.9 Å². The van der Waals surface area contributed by atoms with Crippen molar-refractivity contribution in [1.82, 2.24) is 9.88 Å². The molecule has 0 bridgehead atoms. The summed E-state index contributed by atoms with van der Waals surface area (Å²) in [6, 6.07) is 13.2. The fourth-order valence-corrected chi connectivity index (χ4v) is 5.87. The molecule has 1 amide bonds. The normalized spacial score (nSPS) is 15.1. The zero-order valence-corrected chi connectivity index (χ0v) is 22.0. The van der Waals surface area contributed by atoms with E-state index < -0.39 is 11.9 Å². The molecule has 202 valence electrons. The minimum absolute atomic E-state index is 0.00999. The second kappa shape index (κ2) is 11.3. The molecule has 1 aromatic heterocycles. The number of ketones is 1. The van der Waals surface area contributed by atoms with Crippen molar-refractivity contribution in [2.45, 2.75) is 57.4 Å². The summed E-state index contributed by atoms with van der Waals surface area (Å²) < 4.78 is 6.65. The van der Waals surface area contributed by atoms with Gasteiger partial charge in [0.2, 0.25) is 5.91 Å². The minimum atomic E-state index is -1.00. The van der Waals surface area contributed by atoms with Crippen molar-refractivity contribution in [1.29, 1.82) is 0 Å². The molecular formula is C31H32N2O6. The third kappa shape index (κ3) is 5.37. The molecule has 3 aromatic rings. The zero-order valence-electron chi connectivity index (χ0n) is 22.0. The Morgan fingerprint density at radius 1 is 1.03 bits per heavy atom. The molecule has 1 fully saturated rings. The smallest absolute Gasteiger partial charge is 0.335 e. The van der Waals surface area contributed by atoms with Crippen molar-refractivity contribution < 1.29 is 29.0 Å². The maximum absolute atomic E-state index is 13.4. The van der Waals surface area contributed by atoms with Crippen molar-refractivity contribution in [2.75, 3.05) is 13.7 Å². The Kier molecular flexibility index (Phi) is 7.63. The largest absolute Gasteiger partial charge is 0.478 e. The van der Waals surface area contributed by atoms with Crippen LogP contribution in [0, 0.1) is 0 Å². The maximum atomic E-state index is 13.4. The first kappa shape index (κ1) is 26.4. The molecule has 5 rings (SSSR count). The number of benzene rings is 2. The highest BCUT2D eigenvalue weighted by Crippen LogP contribution is 2.46. The number of amides is 1. The highest BCUT2D eigenvalue weighted by atomic mass is 16.5. The van der Waals surface area contributed by atoms with E-state index >= 15 is 0 Å². The van der Waals surface area contributed by atoms with Gasteiger partial charge in [0.25, 0.3) is 0 Å². The number of rotatable bonds is 8. The van der Waals surface area contributed by atoms with Gasteiger partial charge in [-0.2, -0.15) is 0 Å². The molecule has 0 saturated heterocycles. The maximum Gasteiger partial charge on any atom is 0.335 e. The number of hydrogen-bond acceptors (Lipinski definition) is 5. The van der Waals surface area contributed by atoms with Crippen molar-refractivity contribution in [3.63, 3.8) is 0 Å². The van der Waals surface area contributed by atoms with Crippen molar-refractivity contribution in [3.05, 3.63) is 64.7 Å². The molecule has 1 saturated carbocycles. The number of methoxy groups -OCH3 is 1. The quantitative estimate of drug-likeness (QED) is 0.394. The second-order valence-electron chi connectivity index (χ2n) is 10.3. The average Bonchev–Trinajstić information content (AvgIpc) is 3.17. The molecule has 0 atom stereocenters. The number of esters is 1. The Morgan fingerprint density at radius 2 is 1.79 bits per heavy atom. The van der Waals surface area contributed by atoms with E-state index in [0.717, 1.165) is 53.4 Å². The van der Waals surface area contributed by atoms with Crippen LogP contribution in [-0.2, 0) is 25.7 Å². The molecule has 1 aliphatic carbocycles. The summed E-state index contributed by atoms with van der Waals surface area (Å²) in [5.74, 6) is -1.76. The van der Waals surface area contributed by atoms with E-state index in [1.807, 2.05) is 30.3 Å². The lowest BCUT2D eigenvalue weighted by molar-refractivity contribution is -0.141. The van der Waals surface area contributed by atoms with Gasteiger partial charge in [0.1, 0.15) is 0 Å². The first-order valence-electron chi connectivity index (χ1n) is 13.4. The van der Waals surface area contributed by atoms with Gasteiger partial charge in [-0.15, -0.1) is 0 Å². The number of carbonyl (C=O) groups is 4. The van der Waals surface area contributed by atoms with Crippen LogP contribution in [-0.4, -0.2) is 47.0 Å².